The first-order chi connectivity index (χ1) is 13.5. The Kier molecular flexibility index (Phi) is 4.55. The molecule has 0 fully saturated rings. The summed E-state index contributed by atoms with van der Waals surface area (Å²) in [5.74, 6) is 2.47. The minimum absolute atomic E-state index is 0.458. The smallest absolute Gasteiger partial charge is 0.152 e. The van der Waals surface area contributed by atoms with Gasteiger partial charge in [-0.1, -0.05) is 19.9 Å². The van der Waals surface area contributed by atoms with E-state index in [-0.39, 0.29) is 0 Å². The zero-order valence-corrected chi connectivity index (χ0v) is 16.6. The Balaban J connectivity index is 1.97. The number of imidazole rings is 1. The molecule has 6 nitrogen and oxygen atoms in total. The third-order valence-corrected chi connectivity index (χ3v) is 4.85. The van der Waals surface area contributed by atoms with Crippen LogP contribution in [-0.2, 0) is 6.54 Å². The van der Waals surface area contributed by atoms with Crippen LogP contribution in [0, 0.1) is 5.92 Å². The van der Waals surface area contributed by atoms with Gasteiger partial charge in [0.2, 0.25) is 0 Å². The van der Waals surface area contributed by atoms with Crippen molar-refractivity contribution in [2.45, 2.75) is 20.4 Å². The average Bonchev–Trinajstić information content (AvgIpc) is 3.11. The van der Waals surface area contributed by atoms with E-state index in [0.717, 1.165) is 51.1 Å². The Morgan fingerprint density at radius 2 is 1.89 bits per heavy atom. The molecule has 0 aliphatic rings. The van der Waals surface area contributed by atoms with Crippen molar-refractivity contribution in [3.05, 3.63) is 42.7 Å². The van der Waals surface area contributed by atoms with Crippen LogP contribution in [0.4, 0.5) is 5.82 Å². The van der Waals surface area contributed by atoms with Gasteiger partial charge in [-0.05, 0) is 35.7 Å². The Bertz CT molecular complexity index is 1160. The van der Waals surface area contributed by atoms with E-state index in [2.05, 4.69) is 34.4 Å². The van der Waals surface area contributed by atoms with Gasteiger partial charge in [0.05, 0.1) is 31.6 Å². The maximum atomic E-state index is 6.17. The molecule has 2 aromatic carbocycles. The number of fused-ring (bicyclic) bond motifs is 3. The van der Waals surface area contributed by atoms with E-state index in [0.29, 0.717) is 11.7 Å². The molecule has 2 aromatic heterocycles. The van der Waals surface area contributed by atoms with Crippen molar-refractivity contribution < 1.29 is 9.47 Å². The quantitative estimate of drug-likeness (QED) is 0.555. The van der Waals surface area contributed by atoms with E-state index in [1.807, 2.05) is 36.7 Å². The lowest BCUT2D eigenvalue weighted by Crippen LogP contribution is -2.04. The van der Waals surface area contributed by atoms with E-state index in [1.54, 1.807) is 14.2 Å². The lowest BCUT2D eigenvalue weighted by Gasteiger charge is -2.13. The van der Waals surface area contributed by atoms with Crippen LogP contribution in [0.15, 0.2) is 42.7 Å². The molecular weight excluding hydrogens is 352 g/mol. The van der Waals surface area contributed by atoms with E-state index < -0.39 is 0 Å². The third-order valence-electron chi connectivity index (χ3n) is 4.85. The summed E-state index contributed by atoms with van der Waals surface area (Å²) < 4.78 is 13.1. The maximum Gasteiger partial charge on any atom is 0.152 e. The van der Waals surface area contributed by atoms with Crippen LogP contribution in [0.3, 0.4) is 0 Å². The second-order valence-corrected chi connectivity index (χ2v) is 7.28. The van der Waals surface area contributed by atoms with Crippen LogP contribution in [0.25, 0.3) is 33.1 Å². The van der Waals surface area contributed by atoms with Crippen LogP contribution >= 0.6 is 0 Å². The summed E-state index contributed by atoms with van der Waals surface area (Å²) in [5, 5.41) is 1.03. The molecule has 2 N–H and O–H groups in total. The van der Waals surface area contributed by atoms with E-state index >= 15 is 0 Å². The molecule has 6 heteroatoms. The monoisotopic (exact) mass is 376 g/mol. The predicted molar refractivity (Wildman–Crippen MR) is 113 cm³/mol. The topological polar surface area (TPSA) is 75.2 Å². The molecule has 0 atom stereocenters. The van der Waals surface area contributed by atoms with Crippen LogP contribution in [0.5, 0.6) is 11.5 Å². The highest BCUT2D eigenvalue weighted by Gasteiger charge is 2.15. The molecule has 0 bridgehead atoms. The van der Waals surface area contributed by atoms with Crippen LogP contribution < -0.4 is 15.2 Å². The molecule has 0 aliphatic carbocycles. The van der Waals surface area contributed by atoms with Crippen LogP contribution in [0.1, 0.15) is 13.8 Å². The SMILES string of the molecule is COc1ccc(-c2ccc3nc(N)c4ncn(CC(C)C)c4c3c2)c(OC)c1. The molecule has 28 heavy (non-hydrogen) atoms. The number of nitrogen functional groups attached to an aromatic ring is 1. The zero-order valence-electron chi connectivity index (χ0n) is 16.6. The van der Waals surface area contributed by atoms with Crippen molar-refractivity contribution in [2.24, 2.45) is 5.92 Å². The van der Waals surface area contributed by atoms with Crippen molar-refractivity contribution in [2.75, 3.05) is 20.0 Å². The maximum absolute atomic E-state index is 6.17. The third kappa shape index (κ3) is 3.01. The molecule has 4 rings (SSSR count). The number of hydrogen-bond acceptors (Lipinski definition) is 5. The lowest BCUT2D eigenvalue weighted by molar-refractivity contribution is 0.395. The van der Waals surface area contributed by atoms with Crippen LogP contribution in [0.2, 0.25) is 0 Å². The largest absolute Gasteiger partial charge is 0.497 e. The van der Waals surface area contributed by atoms with Gasteiger partial charge in [-0.15, -0.1) is 0 Å². The number of nitrogens with two attached hydrogens (primary N) is 1. The van der Waals surface area contributed by atoms with Gasteiger partial charge < -0.3 is 19.8 Å². The number of benzene rings is 2. The van der Waals surface area contributed by atoms with Crippen molar-refractivity contribution in [1.82, 2.24) is 14.5 Å². The lowest BCUT2D eigenvalue weighted by atomic mass is 10.0. The Morgan fingerprint density at radius 3 is 2.61 bits per heavy atom. The van der Waals surface area contributed by atoms with E-state index in [1.165, 1.54) is 0 Å². The first-order valence-electron chi connectivity index (χ1n) is 9.28. The Labute approximate surface area is 163 Å². The normalized spacial score (nSPS) is 11.5. The van der Waals surface area contributed by atoms with Crippen molar-refractivity contribution in [3.8, 4) is 22.6 Å². The van der Waals surface area contributed by atoms with Gasteiger partial charge in [-0.25, -0.2) is 9.97 Å². The summed E-state index contributed by atoms with van der Waals surface area (Å²) in [4.78, 5) is 9.07. The number of rotatable bonds is 5. The summed E-state index contributed by atoms with van der Waals surface area (Å²) in [6.07, 6.45) is 1.85. The fourth-order valence-corrected chi connectivity index (χ4v) is 3.59. The molecular formula is C22H24N4O2. The average molecular weight is 376 g/mol. The number of nitrogens with zero attached hydrogens (tertiary/aromatic N) is 3. The summed E-state index contributed by atoms with van der Waals surface area (Å²) in [5.41, 5.74) is 10.8. The molecule has 0 amide bonds. The molecule has 0 unspecified atom stereocenters. The number of hydrogen-bond donors (Lipinski definition) is 1. The van der Waals surface area contributed by atoms with Gasteiger partial charge in [0, 0.05) is 23.6 Å². The Hall–Kier alpha value is -3.28. The molecule has 2 heterocycles. The van der Waals surface area contributed by atoms with Crippen molar-refractivity contribution in [3.63, 3.8) is 0 Å². The van der Waals surface area contributed by atoms with Gasteiger partial charge in [0.25, 0.3) is 0 Å². The van der Waals surface area contributed by atoms with Gasteiger partial charge in [0.15, 0.2) is 5.82 Å². The second kappa shape index (κ2) is 7.03. The summed E-state index contributed by atoms with van der Waals surface area (Å²) in [6.45, 7) is 5.24. The zero-order chi connectivity index (χ0) is 19.8. The van der Waals surface area contributed by atoms with Crippen LogP contribution in [-0.4, -0.2) is 28.8 Å². The summed E-state index contributed by atoms with van der Waals surface area (Å²) >= 11 is 0. The Morgan fingerprint density at radius 1 is 1.07 bits per heavy atom. The fourth-order valence-electron chi connectivity index (χ4n) is 3.59. The molecule has 4 aromatic rings. The highest BCUT2D eigenvalue weighted by atomic mass is 16.5. The van der Waals surface area contributed by atoms with Crippen molar-refractivity contribution >= 4 is 27.8 Å². The summed E-state index contributed by atoms with van der Waals surface area (Å²) in [7, 11) is 3.31. The molecule has 144 valence electrons. The first-order valence-corrected chi connectivity index (χ1v) is 9.28. The van der Waals surface area contributed by atoms with Gasteiger partial charge in [-0.2, -0.15) is 0 Å². The number of anilines is 1. The number of pyridine rings is 1. The molecule has 0 radical (unpaired) electrons. The minimum Gasteiger partial charge on any atom is -0.497 e. The van der Waals surface area contributed by atoms with E-state index in [4.69, 9.17) is 15.2 Å². The predicted octanol–water partition coefficient (Wildman–Crippen LogP) is 4.51. The van der Waals surface area contributed by atoms with Crippen molar-refractivity contribution in [1.29, 1.82) is 0 Å². The first kappa shape index (κ1) is 18.1. The molecule has 0 spiro atoms. The number of methoxy groups -OCH3 is 2. The minimum atomic E-state index is 0.458. The van der Waals surface area contributed by atoms with E-state index in [9.17, 15) is 0 Å². The second-order valence-electron chi connectivity index (χ2n) is 7.28. The summed E-state index contributed by atoms with van der Waals surface area (Å²) in [6, 6.07) is 12.0. The van der Waals surface area contributed by atoms with Gasteiger partial charge in [-0.3, -0.25) is 0 Å². The molecule has 0 saturated carbocycles. The fraction of sp³-hybridized carbons (Fsp3) is 0.273. The highest BCUT2D eigenvalue weighted by Crippen LogP contribution is 2.36. The standard InChI is InChI=1S/C22H24N4O2/c1-13(2)11-26-12-24-20-21(26)17-9-14(5-8-18(17)25-22(20)23)16-7-6-15(27-3)10-19(16)28-4/h5-10,12-13H,11H2,1-4H3,(H2,23,25). The number of ether oxygens (including phenoxy) is 2. The van der Waals surface area contributed by atoms with Gasteiger partial charge >= 0.3 is 0 Å². The number of aromatic nitrogens is 3. The molecule has 0 aliphatic heterocycles. The highest BCUT2D eigenvalue weighted by molar-refractivity contribution is 6.07. The molecule has 0 saturated heterocycles. The van der Waals surface area contributed by atoms with Gasteiger partial charge in [0.1, 0.15) is 17.0 Å².